The molecule has 4 heteroatoms. The Morgan fingerprint density at radius 3 is 2.56 bits per heavy atom. The first-order valence-electron chi connectivity index (χ1n) is 5.60. The van der Waals surface area contributed by atoms with E-state index in [-0.39, 0.29) is 0 Å². The van der Waals surface area contributed by atoms with Gasteiger partial charge in [-0.05, 0) is 25.3 Å². The van der Waals surface area contributed by atoms with Crippen LogP contribution in [-0.4, -0.2) is 20.2 Å². The van der Waals surface area contributed by atoms with Crippen LogP contribution in [0, 0.1) is 0 Å². The van der Waals surface area contributed by atoms with Gasteiger partial charge in [-0.1, -0.05) is 11.6 Å². The van der Waals surface area contributed by atoms with Gasteiger partial charge in [-0.25, -0.2) is 0 Å². The van der Waals surface area contributed by atoms with Gasteiger partial charge in [0.05, 0.1) is 23.5 Å². The molecule has 0 radical (unpaired) electrons. The first kappa shape index (κ1) is 11.4. The van der Waals surface area contributed by atoms with Crippen molar-refractivity contribution >= 4 is 23.0 Å². The summed E-state index contributed by atoms with van der Waals surface area (Å²) in [4.78, 5) is 2.30. The molecule has 0 aromatic heterocycles. The van der Waals surface area contributed by atoms with Crippen LogP contribution in [0.2, 0.25) is 5.02 Å². The van der Waals surface area contributed by atoms with Crippen LogP contribution in [0.25, 0.3) is 0 Å². The van der Waals surface area contributed by atoms with Gasteiger partial charge in [-0.3, -0.25) is 0 Å². The molecule has 0 bridgehead atoms. The summed E-state index contributed by atoms with van der Waals surface area (Å²) < 4.78 is 5.22. The lowest BCUT2D eigenvalue weighted by Gasteiger charge is -2.30. The summed E-state index contributed by atoms with van der Waals surface area (Å²) in [6.45, 7) is 2.13. The summed E-state index contributed by atoms with van der Waals surface area (Å²) >= 11 is 6.02. The first-order chi connectivity index (χ1) is 7.72. The highest BCUT2D eigenvalue weighted by molar-refractivity contribution is 6.32. The fourth-order valence-electron chi connectivity index (χ4n) is 2.12. The average molecular weight is 241 g/mol. The Kier molecular flexibility index (Phi) is 3.44. The Morgan fingerprint density at radius 1 is 1.25 bits per heavy atom. The number of piperidine rings is 1. The van der Waals surface area contributed by atoms with E-state index in [2.05, 4.69) is 4.90 Å². The Bertz CT molecular complexity index is 376. The van der Waals surface area contributed by atoms with Crippen molar-refractivity contribution in [1.29, 1.82) is 0 Å². The molecule has 1 aliphatic rings. The molecule has 1 aliphatic heterocycles. The van der Waals surface area contributed by atoms with E-state index in [0.717, 1.165) is 24.5 Å². The minimum atomic E-state index is 0.570. The highest BCUT2D eigenvalue weighted by Gasteiger charge is 2.15. The van der Waals surface area contributed by atoms with Crippen LogP contribution in [-0.2, 0) is 0 Å². The number of anilines is 2. The van der Waals surface area contributed by atoms with E-state index in [1.807, 2.05) is 6.07 Å². The molecular formula is C12H17ClN2O. The van der Waals surface area contributed by atoms with Crippen LogP contribution in [0.5, 0.6) is 5.75 Å². The summed E-state index contributed by atoms with van der Waals surface area (Å²) in [6.07, 6.45) is 3.76. The number of rotatable bonds is 2. The van der Waals surface area contributed by atoms with Gasteiger partial charge < -0.3 is 15.4 Å². The molecule has 16 heavy (non-hydrogen) atoms. The maximum atomic E-state index is 6.02. The summed E-state index contributed by atoms with van der Waals surface area (Å²) in [5.41, 5.74) is 7.77. The van der Waals surface area contributed by atoms with E-state index in [9.17, 15) is 0 Å². The van der Waals surface area contributed by atoms with E-state index in [1.165, 1.54) is 19.3 Å². The molecular weight excluding hydrogens is 224 g/mol. The van der Waals surface area contributed by atoms with Gasteiger partial charge in [0.15, 0.2) is 0 Å². The quantitative estimate of drug-likeness (QED) is 0.808. The molecule has 0 saturated carbocycles. The van der Waals surface area contributed by atoms with Crippen molar-refractivity contribution in [2.24, 2.45) is 0 Å². The van der Waals surface area contributed by atoms with Crippen molar-refractivity contribution in [2.75, 3.05) is 30.8 Å². The predicted molar refractivity (Wildman–Crippen MR) is 68.5 cm³/mol. The fourth-order valence-corrected chi connectivity index (χ4v) is 2.37. The molecule has 0 spiro atoms. The molecule has 0 aliphatic carbocycles. The van der Waals surface area contributed by atoms with Crippen LogP contribution in [0.15, 0.2) is 12.1 Å². The Balaban J connectivity index is 2.31. The SMILES string of the molecule is COc1cc(N2CCCCC2)c(N)cc1Cl. The van der Waals surface area contributed by atoms with E-state index >= 15 is 0 Å². The molecule has 2 rings (SSSR count). The molecule has 1 aromatic carbocycles. The third-order valence-corrected chi connectivity index (χ3v) is 3.29. The number of hydrogen-bond donors (Lipinski definition) is 1. The van der Waals surface area contributed by atoms with Crippen molar-refractivity contribution in [1.82, 2.24) is 0 Å². The highest BCUT2D eigenvalue weighted by atomic mass is 35.5. The molecule has 1 heterocycles. The first-order valence-corrected chi connectivity index (χ1v) is 5.98. The zero-order valence-electron chi connectivity index (χ0n) is 9.50. The summed E-state index contributed by atoms with van der Waals surface area (Å²) in [7, 11) is 1.62. The highest BCUT2D eigenvalue weighted by Crippen LogP contribution is 2.35. The lowest BCUT2D eigenvalue weighted by molar-refractivity contribution is 0.415. The molecule has 0 atom stereocenters. The van der Waals surface area contributed by atoms with Crippen LogP contribution >= 0.6 is 11.6 Å². The van der Waals surface area contributed by atoms with Crippen molar-refractivity contribution in [3.05, 3.63) is 17.2 Å². The van der Waals surface area contributed by atoms with Gasteiger partial charge in [0, 0.05) is 19.2 Å². The molecule has 1 saturated heterocycles. The number of hydrogen-bond acceptors (Lipinski definition) is 3. The topological polar surface area (TPSA) is 38.5 Å². The number of nitrogens with two attached hydrogens (primary N) is 1. The zero-order chi connectivity index (χ0) is 11.5. The van der Waals surface area contributed by atoms with Crippen molar-refractivity contribution in [3.8, 4) is 5.75 Å². The normalized spacial score (nSPS) is 16.2. The fraction of sp³-hybridized carbons (Fsp3) is 0.500. The second-order valence-corrected chi connectivity index (χ2v) is 4.50. The van der Waals surface area contributed by atoms with E-state index in [4.69, 9.17) is 22.1 Å². The molecule has 88 valence electrons. The molecule has 1 fully saturated rings. The van der Waals surface area contributed by atoms with Gasteiger partial charge in [0.25, 0.3) is 0 Å². The number of benzene rings is 1. The van der Waals surface area contributed by atoms with Crippen LogP contribution in [0.1, 0.15) is 19.3 Å². The molecule has 0 amide bonds. The maximum absolute atomic E-state index is 6.02. The van der Waals surface area contributed by atoms with Gasteiger partial charge >= 0.3 is 0 Å². The largest absolute Gasteiger partial charge is 0.495 e. The van der Waals surface area contributed by atoms with Gasteiger partial charge in [-0.2, -0.15) is 0 Å². The maximum Gasteiger partial charge on any atom is 0.139 e. The second kappa shape index (κ2) is 4.83. The minimum Gasteiger partial charge on any atom is -0.495 e. The summed E-state index contributed by atoms with van der Waals surface area (Å²) in [5.74, 6) is 0.691. The van der Waals surface area contributed by atoms with E-state index in [1.54, 1.807) is 13.2 Å². The van der Waals surface area contributed by atoms with Gasteiger partial charge in [-0.15, -0.1) is 0 Å². The summed E-state index contributed by atoms with van der Waals surface area (Å²) in [5, 5.41) is 0.570. The van der Waals surface area contributed by atoms with Crippen molar-refractivity contribution in [2.45, 2.75) is 19.3 Å². The molecule has 3 nitrogen and oxygen atoms in total. The van der Waals surface area contributed by atoms with Crippen LogP contribution in [0.4, 0.5) is 11.4 Å². The van der Waals surface area contributed by atoms with Crippen LogP contribution in [0.3, 0.4) is 0 Å². The van der Waals surface area contributed by atoms with E-state index in [0.29, 0.717) is 10.8 Å². The standard InChI is InChI=1S/C12H17ClN2O/c1-16-12-8-11(10(14)7-9(12)13)15-5-3-2-4-6-15/h7-8H,2-6,14H2,1H3. The zero-order valence-corrected chi connectivity index (χ0v) is 10.3. The lowest BCUT2D eigenvalue weighted by Crippen LogP contribution is -2.30. The Labute approximate surface area is 101 Å². The van der Waals surface area contributed by atoms with Crippen molar-refractivity contribution < 1.29 is 4.74 Å². The number of nitrogens with zero attached hydrogens (tertiary/aromatic N) is 1. The van der Waals surface area contributed by atoms with Gasteiger partial charge in [0.1, 0.15) is 5.75 Å². The number of halogens is 1. The lowest BCUT2D eigenvalue weighted by atomic mass is 10.1. The third-order valence-electron chi connectivity index (χ3n) is 3.00. The molecule has 0 unspecified atom stereocenters. The van der Waals surface area contributed by atoms with Crippen molar-refractivity contribution in [3.63, 3.8) is 0 Å². The molecule has 1 aromatic rings. The molecule has 2 N–H and O–H groups in total. The monoisotopic (exact) mass is 240 g/mol. The smallest absolute Gasteiger partial charge is 0.139 e. The summed E-state index contributed by atoms with van der Waals surface area (Å²) in [6, 6.07) is 3.70. The Morgan fingerprint density at radius 2 is 1.94 bits per heavy atom. The number of ether oxygens (including phenoxy) is 1. The minimum absolute atomic E-state index is 0.570. The van der Waals surface area contributed by atoms with Gasteiger partial charge in [0.2, 0.25) is 0 Å². The second-order valence-electron chi connectivity index (χ2n) is 4.09. The van der Waals surface area contributed by atoms with Crippen LogP contribution < -0.4 is 15.4 Å². The number of nitrogen functional groups attached to an aromatic ring is 1. The Hall–Kier alpha value is -1.09. The predicted octanol–water partition coefficient (Wildman–Crippen LogP) is 2.92. The average Bonchev–Trinajstić information content (AvgIpc) is 2.30. The third kappa shape index (κ3) is 2.19. The van der Waals surface area contributed by atoms with E-state index < -0.39 is 0 Å². The number of methoxy groups -OCH3 is 1.